The molecule has 100 valence electrons. The zero-order valence-electron chi connectivity index (χ0n) is 11.3. The summed E-state index contributed by atoms with van der Waals surface area (Å²) in [4.78, 5) is 14.4. The molecule has 0 aromatic carbocycles. The van der Waals surface area contributed by atoms with Crippen molar-refractivity contribution in [2.24, 2.45) is 0 Å². The van der Waals surface area contributed by atoms with Crippen molar-refractivity contribution in [1.82, 2.24) is 9.47 Å². The third-order valence-electron chi connectivity index (χ3n) is 3.83. The normalized spacial score (nSPS) is 20.9. The van der Waals surface area contributed by atoms with E-state index in [4.69, 9.17) is 4.74 Å². The third-order valence-corrected chi connectivity index (χ3v) is 3.83. The Balaban J connectivity index is 1.99. The van der Waals surface area contributed by atoms with Crippen molar-refractivity contribution in [1.29, 1.82) is 0 Å². The molecule has 0 aliphatic carbocycles. The van der Waals surface area contributed by atoms with Gasteiger partial charge in [0.25, 0.3) is 5.56 Å². The fourth-order valence-electron chi connectivity index (χ4n) is 2.64. The number of hydrogen-bond acceptors (Lipinski definition) is 3. The second-order valence-electron chi connectivity index (χ2n) is 4.99. The summed E-state index contributed by atoms with van der Waals surface area (Å²) >= 11 is 0. The summed E-state index contributed by atoms with van der Waals surface area (Å²) in [5.74, 6) is 0.425. The van der Waals surface area contributed by atoms with Gasteiger partial charge in [0.1, 0.15) is 0 Å². The van der Waals surface area contributed by atoms with E-state index in [1.165, 1.54) is 32.9 Å². The molecule has 4 nitrogen and oxygen atoms in total. The van der Waals surface area contributed by atoms with Gasteiger partial charge in [-0.2, -0.15) is 0 Å². The first-order chi connectivity index (χ1) is 8.72. The molecule has 0 radical (unpaired) electrons. The van der Waals surface area contributed by atoms with Gasteiger partial charge in [0.05, 0.1) is 7.11 Å². The van der Waals surface area contributed by atoms with Crippen LogP contribution in [0, 0.1) is 0 Å². The Kier molecular flexibility index (Phi) is 4.42. The van der Waals surface area contributed by atoms with Gasteiger partial charge < -0.3 is 14.2 Å². The predicted octanol–water partition coefficient (Wildman–Crippen LogP) is 1.73. The number of methoxy groups -OCH3 is 1. The summed E-state index contributed by atoms with van der Waals surface area (Å²) in [7, 11) is 3.72. The molecule has 1 saturated heterocycles. The molecule has 0 N–H and O–H groups in total. The molecule has 0 unspecified atom stereocenters. The lowest BCUT2D eigenvalue weighted by molar-refractivity contribution is 0.170. The second kappa shape index (κ2) is 6.05. The van der Waals surface area contributed by atoms with Crippen LogP contribution >= 0.6 is 0 Å². The maximum Gasteiger partial charge on any atom is 0.292 e. The van der Waals surface area contributed by atoms with E-state index in [0.717, 1.165) is 13.0 Å². The second-order valence-corrected chi connectivity index (χ2v) is 4.99. The van der Waals surface area contributed by atoms with E-state index in [9.17, 15) is 4.79 Å². The quantitative estimate of drug-likeness (QED) is 0.816. The van der Waals surface area contributed by atoms with Crippen LogP contribution in [-0.4, -0.2) is 36.2 Å². The molecule has 0 saturated carbocycles. The summed E-state index contributed by atoms with van der Waals surface area (Å²) in [6.45, 7) is 1.95. The summed E-state index contributed by atoms with van der Waals surface area (Å²) in [5, 5.41) is 0. The van der Waals surface area contributed by atoms with Gasteiger partial charge in [0.15, 0.2) is 5.75 Å². The summed E-state index contributed by atoms with van der Waals surface area (Å²) in [6, 6.07) is 4.19. The van der Waals surface area contributed by atoms with E-state index in [1.54, 1.807) is 10.6 Å². The number of aromatic nitrogens is 1. The van der Waals surface area contributed by atoms with Crippen LogP contribution < -0.4 is 10.3 Å². The van der Waals surface area contributed by atoms with Crippen LogP contribution in [0.3, 0.4) is 0 Å². The largest absolute Gasteiger partial charge is 0.491 e. The fourth-order valence-corrected chi connectivity index (χ4v) is 2.64. The van der Waals surface area contributed by atoms with Crippen LogP contribution in [0.15, 0.2) is 23.1 Å². The van der Waals surface area contributed by atoms with Crippen molar-refractivity contribution in [2.75, 3.05) is 20.7 Å². The third kappa shape index (κ3) is 2.93. The average molecular weight is 250 g/mol. The molecular formula is C14H22N2O2. The molecule has 1 aromatic heterocycles. The first kappa shape index (κ1) is 13.1. The molecule has 1 aromatic rings. The minimum atomic E-state index is -0.0292. The van der Waals surface area contributed by atoms with E-state index >= 15 is 0 Å². The number of hydrogen-bond donors (Lipinski definition) is 0. The molecule has 2 heterocycles. The molecular weight excluding hydrogens is 228 g/mol. The van der Waals surface area contributed by atoms with Crippen molar-refractivity contribution < 1.29 is 4.74 Å². The highest BCUT2D eigenvalue weighted by Crippen LogP contribution is 2.18. The maximum absolute atomic E-state index is 12.0. The average Bonchev–Trinajstić information content (AvgIpc) is 2.39. The number of ether oxygens (including phenoxy) is 1. The number of aryl methyl sites for hydroxylation is 1. The molecule has 2 rings (SSSR count). The van der Waals surface area contributed by atoms with Crippen LogP contribution in [0.25, 0.3) is 0 Å². The molecule has 1 aliphatic heterocycles. The zero-order chi connectivity index (χ0) is 13.0. The van der Waals surface area contributed by atoms with Crippen molar-refractivity contribution in [3.05, 3.63) is 28.7 Å². The van der Waals surface area contributed by atoms with Gasteiger partial charge in [0.2, 0.25) is 0 Å². The summed E-state index contributed by atoms with van der Waals surface area (Å²) in [6.07, 6.45) is 6.72. The van der Waals surface area contributed by atoms with E-state index in [-0.39, 0.29) is 5.56 Å². The minimum absolute atomic E-state index is 0.0292. The topological polar surface area (TPSA) is 34.5 Å². The van der Waals surface area contributed by atoms with Crippen molar-refractivity contribution in [2.45, 2.75) is 38.3 Å². The standard InChI is InChI=1S/C14H22N2O2/c1-15-9-4-3-6-12(15)8-11-16-10-5-7-13(18-2)14(16)17/h5,7,10,12H,3-4,6,8-9,11H2,1-2H3/t12-/m0/s1. The first-order valence-corrected chi connectivity index (χ1v) is 6.66. The minimum Gasteiger partial charge on any atom is -0.491 e. The van der Waals surface area contributed by atoms with Gasteiger partial charge in [-0.05, 0) is 45.0 Å². The van der Waals surface area contributed by atoms with Gasteiger partial charge in [-0.3, -0.25) is 4.79 Å². The fraction of sp³-hybridized carbons (Fsp3) is 0.643. The SMILES string of the molecule is COc1cccn(CC[C@@H]2CCCCN2C)c1=O. The number of nitrogens with zero attached hydrogens (tertiary/aromatic N) is 2. The lowest BCUT2D eigenvalue weighted by Crippen LogP contribution is -2.37. The number of likely N-dealkylation sites (tertiary alicyclic amines) is 1. The molecule has 4 heteroatoms. The smallest absolute Gasteiger partial charge is 0.292 e. The maximum atomic E-state index is 12.0. The van der Waals surface area contributed by atoms with Crippen LogP contribution in [0.1, 0.15) is 25.7 Å². The van der Waals surface area contributed by atoms with Crippen LogP contribution in [0.5, 0.6) is 5.75 Å². The molecule has 1 aliphatic rings. The highest BCUT2D eigenvalue weighted by atomic mass is 16.5. The lowest BCUT2D eigenvalue weighted by Gasteiger charge is -2.32. The Morgan fingerprint density at radius 2 is 2.28 bits per heavy atom. The van der Waals surface area contributed by atoms with Crippen LogP contribution in [-0.2, 0) is 6.54 Å². The van der Waals surface area contributed by atoms with Gasteiger partial charge in [-0.1, -0.05) is 6.42 Å². The summed E-state index contributed by atoms with van der Waals surface area (Å²) < 4.78 is 6.81. The van der Waals surface area contributed by atoms with Crippen molar-refractivity contribution >= 4 is 0 Å². The summed E-state index contributed by atoms with van der Waals surface area (Å²) in [5.41, 5.74) is -0.0292. The molecule has 18 heavy (non-hydrogen) atoms. The molecule has 0 amide bonds. The Morgan fingerprint density at radius 1 is 1.44 bits per heavy atom. The van der Waals surface area contributed by atoms with Gasteiger partial charge >= 0.3 is 0 Å². The number of rotatable bonds is 4. The molecule has 0 bridgehead atoms. The zero-order valence-corrected chi connectivity index (χ0v) is 11.3. The monoisotopic (exact) mass is 250 g/mol. The van der Waals surface area contributed by atoms with Gasteiger partial charge in [-0.15, -0.1) is 0 Å². The van der Waals surface area contributed by atoms with Gasteiger partial charge in [-0.25, -0.2) is 0 Å². The molecule has 0 spiro atoms. The van der Waals surface area contributed by atoms with Crippen molar-refractivity contribution in [3.8, 4) is 5.75 Å². The Labute approximate surface area is 108 Å². The van der Waals surface area contributed by atoms with Gasteiger partial charge in [0, 0.05) is 18.8 Å². The van der Waals surface area contributed by atoms with E-state index in [0.29, 0.717) is 11.8 Å². The number of piperidine rings is 1. The van der Waals surface area contributed by atoms with Crippen LogP contribution in [0.4, 0.5) is 0 Å². The van der Waals surface area contributed by atoms with Crippen LogP contribution in [0.2, 0.25) is 0 Å². The highest BCUT2D eigenvalue weighted by Gasteiger charge is 2.18. The van der Waals surface area contributed by atoms with E-state index in [2.05, 4.69) is 11.9 Å². The lowest BCUT2D eigenvalue weighted by atomic mass is 10.0. The first-order valence-electron chi connectivity index (χ1n) is 6.66. The Hall–Kier alpha value is -1.29. The Bertz CT molecular complexity index is 442. The highest BCUT2D eigenvalue weighted by molar-refractivity contribution is 5.16. The van der Waals surface area contributed by atoms with E-state index < -0.39 is 0 Å². The van der Waals surface area contributed by atoms with Crippen molar-refractivity contribution in [3.63, 3.8) is 0 Å². The Morgan fingerprint density at radius 3 is 3.00 bits per heavy atom. The number of pyridine rings is 1. The predicted molar refractivity (Wildman–Crippen MR) is 72.1 cm³/mol. The van der Waals surface area contributed by atoms with E-state index in [1.807, 2.05) is 12.3 Å². The molecule has 1 fully saturated rings. The molecule has 1 atom stereocenters.